The van der Waals surface area contributed by atoms with Gasteiger partial charge in [-0.25, -0.2) is 4.98 Å². The van der Waals surface area contributed by atoms with E-state index in [2.05, 4.69) is 30.8 Å². The zero-order chi connectivity index (χ0) is 21.3. The molecule has 30 heavy (non-hydrogen) atoms. The molecule has 1 atom stereocenters. The molecule has 1 amide bonds. The van der Waals surface area contributed by atoms with Crippen molar-refractivity contribution in [3.8, 4) is 0 Å². The van der Waals surface area contributed by atoms with Gasteiger partial charge < -0.3 is 20.9 Å². The molecule has 0 aliphatic carbocycles. The van der Waals surface area contributed by atoms with Gasteiger partial charge in [0.25, 0.3) is 0 Å². The van der Waals surface area contributed by atoms with Crippen LogP contribution in [0.3, 0.4) is 0 Å². The number of anilines is 4. The fraction of sp³-hybridized carbons (Fsp3) is 0.450. The van der Waals surface area contributed by atoms with Crippen molar-refractivity contribution in [1.82, 2.24) is 14.9 Å². The number of rotatable bonds is 5. The molecule has 0 bridgehead atoms. The molecule has 4 rings (SSSR count). The first-order valence-corrected chi connectivity index (χ1v) is 9.84. The lowest BCUT2D eigenvalue weighted by molar-refractivity contribution is -0.137. The standard InChI is InChI=1S/C20H23F3N6O/c1-29-6-2-3-12(11-29)9-24-18-15(20(21,22)23)10-25-19(28-18)26-14-4-5-16-13(7-14)8-17(30)27-16/h4-5,7,10,12H,2-3,6,8-9,11H2,1H3,(H,27,30)(H2,24,25,26,28). The molecule has 0 radical (unpaired) electrons. The third kappa shape index (κ3) is 4.64. The summed E-state index contributed by atoms with van der Waals surface area (Å²) >= 11 is 0. The maximum atomic E-state index is 13.4. The number of halogens is 3. The minimum absolute atomic E-state index is 0.0588. The van der Waals surface area contributed by atoms with E-state index in [1.807, 2.05) is 7.05 Å². The highest BCUT2D eigenvalue weighted by Gasteiger charge is 2.35. The molecule has 1 aromatic heterocycles. The predicted octanol–water partition coefficient (Wildman–Crippen LogP) is 3.49. The predicted molar refractivity (Wildman–Crippen MR) is 108 cm³/mol. The maximum absolute atomic E-state index is 13.4. The highest BCUT2D eigenvalue weighted by atomic mass is 19.4. The van der Waals surface area contributed by atoms with Gasteiger partial charge in [0, 0.05) is 30.7 Å². The summed E-state index contributed by atoms with van der Waals surface area (Å²) in [6.07, 6.45) is -1.49. The number of alkyl halides is 3. The van der Waals surface area contributed by atoms with Crippen molar-refractivity contribution in [2.75, 3.05) is 42.6 Å². The van der Waals surface area contributed by atoms with Crippen LogP contribution in [-0.4, -0.2) is 47.5 Å². The average Bonchev–Trinajstić information content (AvgIpc) is 3.05. The fourth-order valence-corrected chi connectivity index (χ4v) is 3.90. The Bertz CT molecular complexity index is 949. The molecule has 3 N–H and O–H groups in total. The van der Waals surface area contributed by atoms with E-state index < -0.39 is 11.7 Å². The van der Waals surface area contributed by atoms with Gasteiger partial charge in [0.2, 0.25) is 11.9 Å². The Kier molecular flexibility index (Phi) is 5.50. The first-order valence-electron chi connectivity index (χ1n) is 9.84. The summed E-state index contributed by atoms with van der Waals surface area (Å²) in [5, 5.41) is 8.56. The Morgan fingerprint density at radius 2 is 2.17 bits per heavy atom. The van der Waals surface area contributed by atoms with Crippen LogP contribution < -0.4 is 16.0 Å². The smallest absolute Gasteiger partial charge is 0.369 e. The number of likely N-dealkylation sites (tertiary alicyclic amines) is 1. The van der Waals surface area contributed by atoms with Crippen molar-refractivity contribution in [2.45, 2.75) is 25.4 Å². The number of carbonyl (C=O) groups excluding carboxylic acids is 1. The molecule has 1 saturated heterocycles. The summed E-state index contributed by atoms with van der Waals surface area (Å²) in [6.45, 7) is 2.26. The average molecular weight is 420 g/mol. The molecule has 2 aliphatic heterocycles. The summed E-state index contributed by atoms with van der Waals surface area (Å²) in [7, 11) is 2.01. The Hall–Kier alpha value is -2.88. The Morgan fingerprint density at radius 1 is 1.33 bits per heavy atom. The zero-order valence-electron chi connectivity index (χ0n) is 16.5. The second-order valence-electron chi connectivity index (χ2n) is 7.83. The number of hydrogen-bond donors (Lipinski definition) is 3. The summed E-state index contributed by atoms with van der Waals surface area (Å²) in [6, 6.07) is 5.22. The third-order valence-corrected chi connectivity index (χ3v) is 5.36. The van der Waals surface area contributed by atoms with E-state index in [9.17, 15) is 18.0 Å². The first-order chi connectivity index (χ1) is 14.3. The second-order valence-corrected chi connectivity index (χ2v) is 7.83. The van der Waals surface area contributed by atoms with Gasteiger partial charge in [0.05, 0.1) is 6.42 Å². The first kappa shape index (κ1) is 20.4. The summed E-state index contributed by atoms with van der Waals surface area (Å²) in [5.74, 6) is 0.000422. The van der Waals surface area contributed by atoms with Crippen molar-refractivity contribution in [2.24, 2.45) is 5.92 Å². The summed E-state index contributed by atoms with van der Waals surface area (Å²) < 4.78 is 40.3. The monoisotopic (exact) mass is 420 g/mol. The largest absolute Gasteiger partial charge is 0.421 e. The molecular weight excluding hydrogens is 397 g/mol. The van der Waals surface area contributed by atoms with Crippen LogP contribution in [0.4, 0.5) is 36.3 Å². The number of piperidine rings is 1. The normalized spacial score (nSPS) is 19.3. The van der Waals surface area contributed by atoms with Crippen LogP contribution in [0.2, 0.25) is 0 Å². The molecule has 10 heteroatoms. The minimum Gasteiger partial charge on any atom is -0.369 e. The number of benzene rings is 1. The van der Waals surface area contributed by atoms with E-state index in [-0.39, 0.29) is 30.0 Å². The van der Waals surface area contributed by atoms with Crippen LogP contribution in [0.25, 0.3) is 0 Å². The van der Waals surface area contributed by atoms with Crippen molar-refractivity contribution in [3.63, 3.8) is 0 Å². The highest BCUT2D eigenvalue weighted by molar-refractivity contribution is 5.99. The molecule has 3 heterocycles. The topological polar surface area (TPSA) is 82.2 Å². The van der Waals surface area contributed by atoms with E-state index in [1.54, 1.807) is 18.2 Å². The van der Waals surface area contributed by atoms with E-state index in [1.165, 1.54) is 0 Å². The van der Waals surface area contributed by atoms with Gasteiger partial charge >= 0.3 is 6.18 Å². The van der Waals surface area contributed by atoms with Crippen LogP contribution in [0, 0.1) is 5.92 Å². The van der Waals surface area contributed by atoms with Crippen LogP contribution in [0.1, 0.15) is 24.0 Å². The zero-order valence-corrected chi connectivity index (χ0v) is 16.5. The Labute approximate surface area is 172 Å². The SMILES string of the molecule is CN1CCCC(CNc2nc(Nc3ccc4c(c3)CC(=O)N4)ncc2C(F)(F)F)C1. The number of fused-ring (bicyclic) bond motifs is 1. The Balaban J connectivity index is 1.52. The van der Waals surface area contributed by atoms with Crippen molar-refractivity contribution in [3.05, 3.63) is 35.5 Å². The second kappa shape index (κ2) is 8.10. The molecule has 7 nitrogen and oxygen atoms in total. The number of hydrogen-bond acceptors (Lipinski definition) is 6. The van der Waals surface area contributed by atoms with Gasteiger partial charge in [-0.1, -0.05) is 0 Å². The van der Waals surface area contributed by atoms with Crippen molar-refractivity contribution in [1.29, 1.82) is 0 Å². The van der Waals surface area contributed by atoms with E-state index in [4.69, 9.17) is 0 Å². The lowest BCUT2D eigenvalue weighted by Gasteiger charge is -2.30. The van der Waals surface area contributed by atoms with Gasteiger partial charge in [-0.15, -0.1) is 0 Å². The minimum atomic E-state index is -4.55. The Morgan fingerprint density at radius 3 is 2.93 bits per heavy atom. The molecule has 2 aromatic rings. The number of aromatic nitrogens is 2. The molecule has 1 unspecified atom stereocenters. The molecule has 2 aliphatic rings. The van der Waals surface area contributed by atoms with E-state index in [0.717, 1.165) is 43.4 Å². The molecular formula is C20H23F3N6O. The van der Waals surface area contributed by atoms with Gasteiger partial charge in [-0.3, -0.25) is 4.79 Å². The lowest BCUT2D eigenvalue weighted by atomic mass is 9.98. The molecule has 1 aromatic carbocycles. The van der Waals surface area contributed by atoms with Crippen LogP contribution in [0.15, 0.2) is 24.4 Å². The van der Waals surface area contributed by atoms with Gasteiger partial charge in [-0.05, 0) is 56.1 Å². The highest BCUT2D eigenvalue weighted by Crippen LogP contribution is 2.34. The van der Waals surface area contributed by atoms with Crippen molar-refractivity contribution >= 4 is 29.0 Å². The quantitative estimate of drug-likeness (QED) is 0.687. The van der Waals surface area contributed by atoms with Gasteiger partial charge in [-0.2, -0.15) is 18.2 Å². The van der Waals surface area contributed by atoms with E-state index in [0.29, 0.717) is 12.2 Å². The van der Waals surface area contributed by atoms with Crippen LogP contribution in [0.5, 0.6) is 0 Å². The summed E-state index contributed by atoms with van der Waals surface area (Å²) in [4.78, 5) is 21.6. The molecule has 0 saturated carbocycles. The van der Waals surface area contributed by atoms with Crippen molar-refractivity contribution < 1.29 is 18.0 Å². The third-order valence-electron chi connectivity index (χ3n) is 5.36. The van der Waals surface area contributed by atoms with Gasteiger partial charge in [0.1, 0.15) is 11.4 Å². The van der Waals surface area contributed by atoms with Crippen LogP contribution >= 0.6 is 0 Å². The van der Waals surface area contributed by atoms with E-state index >= 15 is 0 Å². The molecule has 160 valence electrons. The molecule has 0 spiro atoms. The number of amides is 1. The number of nitrogens with zero attached hydrogens (tertiary/aromatic N) is 3. The number of nitrogens with one attached hydrogen (secondary N) is 3. The lowest BCUT2D eigenvalue weighted by Crippen LogP contribution is -2.35. The fourth-order valence-electron chi connectivity index (χ4n) is 3.90. The van der Waals surface area contributed by atoms with Crippen LogP contribution in [-0.2, 0) is 17.4 Å². The van der Waals surface area contributed by atoms with Gasteiger partial charge in [0.15, 0.2) is 0 Å². The molecule has 1 fully saturated rings. The summed E-state index contributed by atoms with van der Waals surface area (Å²) in [5.41, 5.74) is 1.26. The maximum Gasteiger partial charge on any atom is 0.421 e. The number of carbonyl (C=O) groups is 1.